The van der Waals surface area contributed by atoms with Gasteiger partial charge in [-0.15, -0.1) is 0 Å². The lowest BCUT2D eigenvalue weighted by Gasteiger charge is -2.34. The molecule has 1 amide bonds. The van der Waals surface area contributed by atoms with Gasteiger partial charge in [-0.1, -0.05) is 0 Å². The van der Waals surface area contributed by atoms with Gasteiger partial charge in [-0.3, -0.25) is 9.48 Å². The Bertz CT molecular complexity index is 450. The molecule has 1 N–H and O–H groups in total. The topological polar surface area (TPSA) is 50.2 Å². The zero-order valence-corrected chi connectivity index (χ0v) is 11.5. The number of carbonyl (C=O) groups excluding carboxylic acids is 1. The van der Waals surface area contributed by atoms with Gasteiger partial charge in [0.2, 0.25) is 5.91 Å². The number of likely N-dealkylation sites (tertiary alicyclic amines) is 1. The van der Waals surface area contributed by atoms with Crippen LogP contribution in [0, 0.1) is 6.92 Å². The molecule has 2 saturated heterocycles. The normalized spacial score (nSPS) is 27.7. The minimum atomic E-state index is 0.0538. The molecule has 5 heteroatoms. The monoisotopic (exact) mass is 262 g/mol. The van der Waals surface area contributed by atoms with Crippen molar-refractivity contribution in [2.75, 3.05) is 19.6 Å². The Hall–Kier alpha value is -1.36. The summed E-state index contributed by atoms with van der Waals surface area (Å²) in [6.45, 7) is 4.73. The first-order valence-corrected chi connectivity index (χ1v) is 7.27. The highest BCUT2D eigenvalue weighted by Gasteiger charge is 2.31. The number of rotatable bonds is 2. The standard InChI is InChI=1S/C14H22N4O/c1-11-8-16-18(9-11)12-4-3-7-17(10-12)14(19)13-5-2-6-15-13/h8-9,12-13,15H,2-7,10H2,1H3. The van der Waals surface area contributed by atoms with Crippen LogP contribution in [0.4, 0.5) is 0 Å². The second-order valence-electron chi connectivity index (χ2n) is 5.73. The molecule has 1 aromatic heterocycles. The van der Waals surface area contributed by atoms with Crippen LogP contribution in [-0.4, -0.2) is 46.3 Å². The number of hydrogen-bond donors (Lipinski definition) is 1. The highest BCUT2D eigenvalue weighted by Crippen LogP contribution is 2.22. The fraction of sp³-hybridized carbons (Fsp3) is 0.714. The Kier molecular flexibility index (Phi) is 3.55. The Balaban J connectivity index is 1.65. The third kappa shape index (κ3) is 2.66. The summed E-state index contributed by atoms with van der Waals surface area (Å²) in [4.78, 5) is 14.4. The maximum absolute atomic E-state index is 12.4. The van der Waals surface area contributed by atoms with Gasteiger partial charge in [0, 0.05) is 19.3 Å². The zero-order chi connectivity index (χ0) is 13.2. The van der Waals surface area contributed by atoms with Crippen molar-refractivity contribution in [3.05, 3.63) is 18.0 Å². The largest absolute Gasteiger partial charge is 0.339 e. The molecule has 104 valence electrons. The first kappa shape index (κ1) is 12.7. The number of aryl methyl sites for hydroxylation is 1. The van der Waals surface area contributed by atoms with Gasteiger partial charge < -0.3 is 10.2 Å². The molecular weight excluding hydrogens is 240 g/mol. The maximum Gasteiger partial charge on any atom is 0.239 e. The second-order valence-corrected chi connectivity index (χ2v) is 5.73. The summed E-state index contributed by atoms with van der Waals surface area (Å²) in [6.07, 6.45) is 8.25. The Labute approximate surface area is 114 Å². The lowest BCUT2D eigenvalue weighted by atomic mass is 10.0. The van der Waals surface area contributed by atoms with Crippen molar-refractivity contribution in [3.8, 4) is 0 Å². The third-order valence-corrected chi connectivity index (χ3v) is 4.17. The molecule has 2 aliphatic heterocycles. The highest BCUT2D eigenvalue weighted by molar-refractivity contribution is 5.82. The minimum absolute atomic E-state index is 0.0538. The number of nitrogens with zero attached hydrogens (tertiary/aromatic N) is 3. The fourth-order valence-electron chi connectivity index (χ4n) is 3.12. The van der Waals surface area contributed by atoms with Crippen LogP contribution >= 0.6 is 0 Å². The van der Waals surface area contributed by atoms with Gasteiger partial charge >= 0.3 is 0 Å². The van der Waals surface area contributed by atoms with Gasteiger partial charge in [0.1, 0.15) is 0 Å². The predicted octanol–water partition coefficient (Wildman–Crippen LogP) is 1.11. The van der Waals surface area contributed by atoms with E-state index in [1.165, 1.54) is 5.56 Å². The molecule has 2 atom stereocenters. The number of hydrogen-bond acceptors (Lipinski definition) is 3. The van der Waals surface area contributed by atoms with Gasteiger partial charge in [0.05, 0.1) is 18.3 Å². The summed E-state index contributed by atoms with van der Waals surface area (Å²) in [5.41, 5.74) is 1.18. The average molecular weight is 262 g/mol. The number of nitrogens with one attached hydrogen (secondary N) is 1. The molecule has 0 radical (unpaired) electrons. The quantitative estimate of drug-likeness (QED) is 0.868. The van der Waals surface area contributed by atoms with Crippen LogP contribution in [0.5, 0.6) is 0 Å². The van der Waals surface area contributed by atoms with E-state index in [9.17, 15) is 4.79 Å². The van der Waals surface area contributed by atoms with Crippen LogP contribution in [0.25, 0.3) is 0 Å². The SMILES string of the molecule is Cc1cnn(C2CCCN(C(=O)C3CCCN3)C2)c1. The van der Waals surface area contributed by atoms with Crippen molar-refractivity contribution in [2.24, 2.45) is 0 Å². The molecule has 3 heterocycles. The van der Waals surface area contributed by atoms with E-state index in [1.54, 1.807) is 0 Å². The number of piperidine rings is 1. The van der Waals surface area contributed by atoms with E-state index >= 15 is 0 Å². The zero-order valence-electron chi connectivity index (χ0n) is 11.5. The van der Waals surface area contributed by atoms with E-state index in [2.05, 4.69) is 23.5 Å². The smallest absolute Gasteiger partial charge is 0.239 e. The summed E-state index contributed by atoms with van der Waals surface area (Å²) >= 11 is 0. The summed E-state index contributed by atoms with van der Waals surface area (Å²) in [6, 6.07) is 0.394. The third-order valence-electron chi connectivity index (χ3n) is 4.17. The fourth-order valence-corrected chi connectivity index (χ4v) is 3.12. The number of amides is 1. The van der Waals surface area contributed by atoms with E-state index in [0.717, 1.165) is 45.3 Å². The molecule has 2 aliphatic rings. The molecule has 0 bridgehead atoms. The number of carbonyl (C=O) groups is 1. The van der Waals surface area contributed by atoms with Crippen molar-refractivity contribution in [1.82, 2.24) is 20.0 Å². The molecule has 0 spiro atoms. The predicted molar refractivity (Wildman–Crippen MR) is 72.8 cm³/mol. The molecule has 0 saturated carbocycles. The molecular formula is C14H22N4O. The molecule has 19 heavy (non-hydrogen) atoms. The van der Waals surface area contributed by atoms with Crippen LogP contribution in [0.2, 0.25) is 0 Å². The van der Waals surface area contributed by atoms with E-state index in [4.69, 9.17) is 0 Å². The van der Waals surface area contributed by atoms with Crippen molar-refractivity contribution in [1.29, 1.82) is 0 Å². The maximum atomic E-state index is 12.4. The van der Waals surface area contributed by atoms with Gasteiger partial charge in [0.25, 0.3) is 0 Å². The Morgan fingerprint density at radius 3 is 3.00 bits per heavy atom. The van der Waals surface area contributed by atoms with E-state index in [1.807, 2.05) is 15.8 Å². The van der Waals surface area contributed by atoms with Crippen molar-refractivity contribution in [2.45, 2.75) is 44.7 Å². The first-order chi connectivity index (χ1) is 9.24. The lowest BCUT2D eigenvalue weighted by Crippen LogP contribution is -2.48. The summed E-state index contributed by atoms with van der Waals surface area (Å²) in [7, 11) is 0. The van der Waals surface area contributed by atoms with Crippen LogP contribution in [0.1, 0.15) is 37.3 Å². The summed E-state index contributed by atoms with van der Waals surface area (Å²) in [5.74, 6) is 0.283. The van der Waals surface area contributed by atoms with E-state index in [0.29, 0.717) is 6.04 Å². The minimum Gasteiger partial charge on any atom is -0.339 e. The van der Waals surface area contributed by atoms with Crippen molar-refractivity contribution in [3.63, 3.8) is 0 Å². The summed E-state index contributed by atoms with van der Waals surface area (Å²) in [5, 5.41) is 7.69. The lowest BCUT2D eigenvalue weighted by molar-refractivity contribution is -0.134. The summed E-state index contributed by atoms with van der Waals surface area (Å²) < 4.78 is 2.02. The number of aromatic nitrogens is 2. The van der Waals surface area contributed by atoms with Gasteiger partial charge in [-0.25, -0.2) is 0 Å². The molecule has 2 fully saturated rings. The molecule has 3 rings (SSSR count). The molecule has 0 aromatic carbocycles. The second kappa shape index (κ2) is 5.33. The van der Waals surface area contributed by atoms with Crippen molar-refractivity contribution < 1.29 is 4.79 Å². The molecule has 1 aromatic rings. The molecule has 5 nitrogen and oxygen atoms in total. The van der Waals surface area contributed by atoms with Gasteiger partial charge in [-0.05, 0) is 44.7 Å². The Morgan fingerprint density at radius 2 is 2.32 bits per heavy atom. The van der Waals surface area contributed by atoms with Crippen LogP contribution < -0.4 is 5.32 Å². The first-order valence-electron chi connectivity index (χ1n) is 7.27. The molecule has 2 unspecified atom stereocenters. The van der Waals surface area contributed by atoms with Crippen LogP contribution in [0.15, 0.2) is 12.4 Å². The van der Waals surface area contributed by atoms with Crippen molar-refractivity contribution >= 4 is 5.91 Å². The van der Waals surface area contributed by atoms with E-state index in [-0.39, 0.29) is 11.9 Å². The average Bonchev–Trinajstić information content (AvgIpc) is 3.09. The Morgan fingerprint density at radius 1 is 1.42 bits per heavy atom. The van der Waals surface area contributed by atoms with Gasteiger partial charge in [-0.2, -0.15) is 5.10 Å². The highest BCUT2D eigenvalue weighted by atomic mass is 16.2. The molecule has 0 aliphatic carbocycles. The van der Waals surface area contributed by atoms with Crippen LogP contribution in [-0.2, 0) is 4.79 Å². The van der Waals surface area contributed by atoms with Gasteiger partial charge in [0.15, 0.2) is 0 Å². The van der Waals surface area contributed by atoms with Crippen LogP contribution in [0.3, 0.4) is 0 Å². The van der Waals surface area contributed by atoms with E-state index < -0.39 is 0 Å².